The Kier molecular flexibility index (Phi) is 6.32. The van der Waals surface area contributed by atoms with Gasteiger partial charge in [0.05, 0.1) is 29.2 Å². The second-order valence-electron chi connectivity index (χ2n) is 5.64. The number of hydrogen-bond donors (Lipinski definition) is 1. The Balaban J connectivity index is 2.12. The Morgan fingerprint density at radius 3 is 2.84 bits per heavy atom. The molecule has 138 valence electrons. The first kappa shape index (κ1) is 19.6. The molecule has 25 heavy (non-hydrogen) atoms. The van der Waals surface area contributed by atoms with Gasteiger partial charge in [0.15, 0.2) is 17.0 Å². The maximum atomic E-state index is 13.6. The van der Waals surface area contributed by atoms with Crippen molar-refractivity contribution in [3.63, 3.8) is 0 Å². The van der Waals surface area contributed by atoms with Crippen LogP contribution in [0.3, 0.4) is 0 Å². The van der Waals surface area contributed by atoms with Gasteiger partial charge in [-0.1, -0.05) is 0 Å². The molecule has 0 fully saturated rings. The van der Waals surface area contributed by atoms with Crippen molar-refractivity contribution in [2.45, 2.75) is 25.5 Å². The molecule has 0 saturated heterocycles. The van der Waals surface area contributed by atoms with E-state index in [0.29, 0.717) is 29.9 Å². The van der Waals surface area contributed by atoms with Gasteiger partial charge < -0.3 is 19.4 Å². The van der Waals surface area contributed by atoms with Gasteiger partial charge in [-0.05, 0) is 13.3 Å². The number of aryl methyl sites for hydroxylation is 1. The molecular weight excluding hydrogens is 446 g/mol. The third kappa shape index (κ3) is 4.66. The van der Waals surface area contributed by atoms with E-state index in [4.69, 9.17) is 9.47 Å². The van der Waals surface area contributed by atoms with E-state index in [9.17, 15) is 9.18 Å². The third-order valence-electron chi connectivity index (χ3n) is 3.80. The molecule has 0 unspecified atom stereocenters. The molecule has 9 nitrogen and oxygen atoms in total. The van der Waals surface area contributed by atoms with Crippen LogP contribution in [0.5, 0.6) is 0 Å². The highest BCUT2D eigenvalue weighted by molar-refractivity contribution is 14.1. The molecule has 2 aromatic heterocycles. The lowest BCUT2D eigenvalue weighted by Crippen LogP contribution is -2.36. The fraction of sp³-hybridized carbons (Fsp3) is 0.571. The third-order valence-corrected chi connectivity index (χ3v) is 4.19. The van der Waals surface area contributed by atoms with Gasteiger partial charge in [-0.2, -0.15) is 14.4 Å². The van der Waals surface area contributed by atoms with Gasteiger partial charge in [-0.3, -0.25) is 3.11 Å². The second kappa shape index (κ2) is 8.08. The Morgan fingerprint density at radius 1 is 1.52 bits per heavy atom. The maximum Gasteiger partial charge on any atom is 0.418 e. The lowest BCUT2D eigenvalue weighted by atomic mass is 10.0. The number of methoxy groups -OCH3 is 1. The molecule has 0 aliphatic rings. The maximum absolute atomic E-state index is 13.6. The van der Waals surface area contributed by atoms with Gasteiger partial charge in [0.2, 0.25) is 0 Å². The van der Waals surface area contributed by atoms with E-state index < -0.39 is 17.8 Å². The van der Waals surface area contributed by atoms with Crippen LogP contribution >= 0.6 is 22.9 Å². The first-order chi connectivity index (χ1) is 11.8. The highest BCUT2D eigenvalue weighted by Crippen LogP contribution is 2.21. The summed E-state index contributed by atoms with van der Waals surface area (Å²) in [5.41, 5.74) is 0.177. The van der Waals surface area contributed by atoms with E-state index in [1.165, 1.54) is 3.11 Å². The number of carbonyl (C=O) groups excluding carboxylic acids is 1. The number of amides is 1. The number of fused-ring (bicyclic) bond motifs is 1. The Bertz CT molecular complexity index is 755. The zero-order chi connectivity index (χ0) is 18.6. The van der Waals surface area contributed by atoms with Crippen LogP contribution in [-0.2, 0) is 16.0 Å². The summed E-state index contributed by atoms with van der Waals surface area (Å²) in [5, 5.41) is 2.80. The number of ether oxygens (including phenoxy) is 2. The van der Waals surface area contributed by atoms with Crippen LogP contribution in [0.15, 0.2) is 6.33 Å². The number of rotatable bonds is 7. The van der Waals surface area contributed by atoms with E-state index in [0.717, 1.165) is 0 Å². The predicted molar refractivity (Wildman–Crippen MR) is 98.0 cm³/mol. The largest absolute Gasteiger partial charge is 0.446 e. The molecule has 0 aliphatic heterocycles. The fourth-order valence-electron chi connectivity index (χ4n) is 2.15. The quantitative estimate of drug-likeness (QED) is 0.380. The van der Waals surface area contributed by atoms with Crippen molar-refractivity contribution in [2.24, 2.45) is 0 Å². The summed E-state index contributed by atoms with van der Waals surface area (Å²) in [4.78, 5) is 23.3. The van der Waals surface area contributed by atoms with Crippen LogP contribution in [0, 0.1) is 6.08 Å². The minimum atomic E-state index is -0.827. The van der Waals surface area contributed by atoms with Gasteiger partial charge in [0.25, 0.3) is 0 Å². The first-order valence-corrected chi connectivity index (χ1v) is 8.43. The molecule has 11 heteroatoms. The summed E-state index contributed by atoms with van der Waals surface area (Å²) in [6.45, 7) is 2.38. The molecule has 0 saturated carbocycles. The average Bonchev–Trinajstić information content (AvgIpc) is 2.99. The molecular formula is C14H20FIN6O3. The summed E-state index contributed by atoms with van der Waals surface area (Å²) >= 11 is 1.83. The molecule has 2 heterocycles. The van der Waals surface area contributed by atoms with Crippen LogP contribution < -0.4 is 5.32 Å². The lowest BCUT2D eigenvalue weighted by Gasteiger charge is -2.28. The van der Waals surface area contributed by atoms with Crippen molar-refractivity contribution in [3.8, 4) is 0 Å². The number of imidazole rings is 1. The molecule has 0 radical (unpaired) electrons. The molecule has 0 aliphatic carbocycles. The molecule has 0 aromatic carbocycles. The van der Waals surface area contributed by atoms with Crippen LogP contribution in [-0.4, -0.2) is 62.1 Å². The smallest absolute Gasteiger partial charge is 0.418 e. The number of nitrogens with zero attached hydrogens (tertiary/aromatic N) is 5. The van der Waals surface area contributed by atoms with Gasteiger partial charge in [0, 0.05) is 27.7 Å². The Labute approximate surface area is 158 Å². The Morgan fingerprint density at radius 2 is 2.24 bits per heavy atom. The van der Waals surface area contributed by atoms with Crippen LogP contribution in [0.25, 0.3) is 11.2 Å². The number of anilines is 1. The SMILES string of the molecule is CNc1nc(F)nc2c1ncn2CC[C@@](C)(COC(=O)N(C)I)OC. The lowest BCUT2D eigenvalue weighted by molar-refractivity contribution is -0.0514. The minimum absolute atomic E-state index is 0.0907. The normalized spacial score (nSPS) is 13.5. The monoisotopic (exact) mass is 466 g/mol. The molecule has 1 atom stereocenters. The number of aromatic nitrogens is 4. The van der Waals surface area contributed by atoms with Crippen LogP contribution in [0.4, 0.5) is 15.0 Å². The van der Waals surface area contributed by atoms with Crippen molar-refractivity contribution in [3.05, 3.63) is 12.4 Å². The first-order valence-electron chi connectivity index (χ1n) is 7.47. The molecule has 0 spiro atoms. The summed E-state index contributed by atoms with van der Waals surface area (Å²) < 4.78 is 27.3. The second-order valence-corrected chi connectivity index (χ2v) is 7.08. The average molecular weight is 466 g/mol. The van der Waals surface area contributed by atoms with Crippen molar-refractivity contribution < 1.29 is 18.7 Å². The summed E-state index contributed by atoms with van der Waals surface area (Å²) in [5.74, 6) is 0.328. The van der Waals surface area contributed by atoms with Gasteiger partial charge in [-0.15, -0.1) is 0 Å². The number of nitrogens with one attached hydrogen (secondary N) is 1. The molecule has 0 bridgehead atoms. The van der Waals surface area contributed by atoms with Gasteiger partial charge in [-0.25, -0.2) is 9.78 Å². The standard InChI is InChI=1S/C14H20FIN6O3/c1-14(24-4,7-25-13(23)21(3)16)5-6-22-8-18-9-10(17-2)19-12(15)20-11(9)22/h8H,5-7H2,1-4H3,(H,17,19,20)/t14-/m0/s1. The highest BCUT2D eigenvalue weighted by atomic mass is 127. The fourth-order valence-corrected chi connectivity index (χ4v) is 2.29. The van der Waals surface area contributed by atoms with Gasteiger partial charge in [0.1, 0.15) is 12.2 Å². The van der Waals surface area contributed by atoms with E-state index in [-0.39, 0.29) is 6.61 Å². The van der Waals surface area contributed by atoms with Crippen molar-refractivity contribution >= 4 is 45.9 Å². The van der Waals surface area contributed by atoms with Crippen molar-refractivity contribution in [1.29, 1.82) is 0 Å². The molecule has 1 N–H and O–H groups in total. The number of carbonyl (C=O) groups is 1. The van der Waals surface area contributed by atoms with E-state index >= 15 is 0 Å². The topological polar surface area (TPSA) is 94.4 Å². The van der Waals surface area contributed by atoms with E-state index in [1.54, 1.807) is 32.1 Å². The molecule has 2 rings (SSSR count). The van der Waals surface area contributed by atoms with Crippen molar-refractivity contribution in [1.82, 2.24) is 22.6 Å². The van der Waals surface area contributed by atoms with Crippen LogP contribution in [0.2, 0.25) is 0 Å². The summed E-state index contributed by atoms with van der Waals surface area (Å²) in [6.07, 6.45) is 0.797. The van der Waals surface area contributed by atoms with E-state index in [1.807, 2.05) is 29.8 Å². The summed E-state index contributed by atoms with van der Waals surface area (Å²) in [7, 11) is 4.79. The molecule has 1 amide bonds. The number of halogens is 2. The highest BCUT2D eigenvalue weighted by Gasteiger charge is 2.27. The molecule has 2 aromatic rings. The zero-order valence-electron chi connectivity index (χ0n) is 14.4. The van der Waals surface area contributed by atoms with Crippen molar-refractivity contribution in [2.75, 3.05) is 33.1 Å². The zero-order valence-corrected chi connectivity index (χ0v) is 16.6. The Hall–Kier alpha value is -1.76. The van der Waals surface area contributed by atoms with E-state index in [2.05, 4.69) is 20.3 Å². The summed E-state index contributed by atoms with van der Waals surface area (Å²) in [6, 6.07) is 0. The minimum Gasteiger partial charge on any atom is -0.446 e. The van der Waals surface area contributed by atoms with Gasteiger partial charge >= 0.3 is 12.2 Å². The predicted octanol–water partition coefficient (Wildman–Crippen LogP) is 2.22. The number of hydrogen-bond acceptors (Lipinski definition) is 7. The van der Waals surface area contributed by atoms with Crippen LogP contribution in [0.1, 0.15) is 13.3 Å².